The van der Waals surface area contributed by atoms with E-state index in [-0.39, 0.29) is 22.9 Å². The van der Waals surface area contributed by atoms with Crippen LogP contribution in [0, 0.1) is 11.9 Å². The van der Waals surface area contributed by atoms with Crippen molar-refractivity contribution in [2.24, 2.45) is 5.92 Å². The SMILES string of the molecule is C[C@H]1CNCC[C@]1(F)c1cc(Cl)cnc1F. The third-order valence-corrected chi connectivity index (χ3v) is 3.36. The fraction of sp³-hybridized carbons (Fsp3) is 0.545. The van der Waals surface area contributed by atoms with Crippen LogP contribution >= 0.6 is 11.6 Å². The summed E-state index contributed by atoms with van der Waals surface area (Å²) in [6.07, 6.45) is 1.43. The molecule has 1 fully saturated rings. The lowest BCUT2D eigenvalue weighted by Crippen LogP contribution is -2.44. The minimum atomic E-state index is -1.67. The number of piperidine rings is 1. The Kier molecular flexibility index (Phi) is 3.13. The van der Waals surface area contributed by atoms with Crippen LogP contribution in [0.15, 0.2) is 12.3 Å². The van der Waals surface area contributed by atoms with E-state index in [2.05, 4.69) is 10.3 Å². The molecule has 2 rings (SSSR count). The Morgan fingerprint density at radius 1 is 1.62 bits per heavy atom. The quantitative estimate of drug-likeness (QED) is 0.771. The molecular weight excluding hydrogens is 234 g/mol. The van der Waals surface area contributed by atoms with Crippen LogP contribution in [0.3, 0.4) is 0 Å². The van der Waals surface area contributed by atoms with E-state index in [1.807, 2.05) is 0 Å². The van der Waals surface area contributed by atoms with E-state index in [1.54, 1.807) is 6.92 Å². The summed E-state index contributed by atoms with van der Waals surface area (Å²) in [5.41, 5.74) is -1.69. The molecular formula is C11H13ClF2N2. The molecule has 0 aliphatic carbocycles. The van der Waals surface area contributed by atoms with Gasteiger partial charge in [-0.05, 0) is 19.0 Å². The summed E-state index contributed by atoms with van der Waals surface area (Å²) in [5, 5.41) is 3.34. The molecule has 0 bridgehead atoms. The molecule has 1 aliphatic heterocycles. The molecule has 16 heavy (non-hydrogen) atoms. The molecule has 1 aliphatic rings. The summed E-state index contributed by atoms with van der Waals surface area (Å²) in [5.74, 6) is -1.06. The third-order valence-electron chi connectivity index (χ3n) is 3.15. The number of rotatable bonds is 1. The Hall–Kier alpha value is -0.740. The predicted octanol–water partition coefficient (Wildman–Crippen LogP) is 2.67. The van der Waals surface area contributed by atoms with Gasteiger partial charge < -0.3 is 5.32 Å². The molecule has 1 aromatic rings. The van der Waals surface area contributed by atoms with Crippen LogP contribution < -0.4 is 5.32 Å². The lowest BCUT2D eigenvalue weighted by atomic mass is 9.79. The zero-order valence-electron chi connectivity index (χ0n) is 8.93. The highest BCUT2D eigenvalue weighted by molar-refractivity contribution is 6.30. The molecule has 2 nitrogen and oxygen atoms in total. The van der Waals surface area contributed by atoms with Crippen LogP contribution in [0.1, 0.15) is 18.9 Å². The largest absolute Gasteiger partial charge is 0.316 e. The normalized spacial score (nSPS) is 30.4. The van der Waals surface area contributed by atoms with Crippen molar-refractivity contribution in [2.75, 3.05) is 13.1 Å². The number of alkyl halides is 1. The Morgan fingerprint density at radius 3 is 3.06 bits per heavy atom. The molecule has 5 heteroatoms. The molecule has 2 heterocycles. The standard InChI is InChI=1S/C11H13ClF2N2/c1-7-5-15-3-2-11(7,14)9-4-8(12)6-16-10(9)13/h4,6-7,15H,2-3,5H2,1H3/t7-,11+/m0/s1. The molecule has 0 aromatic carbocycles. The molecule has 1 saturated heterocycles. The molecule has 1 aromatic heterocycles. The van der Waals surface area contributed by atoms with Gasteiger partial charge in [0.25, 0.3) is 0 Å². The van der Waals surface area contributed by atoms with Crippen molar-refractivity contribution in [2.45, 2.75) is 19.0 Å². The van der Waals surface area contributed by atoms with E-state index in [0.29, 0.717) is 13.1 Å². The average Bonchev–Trinajstić information content (AvgIpc) is 2.26. The maximum absolute atomic E-state index is 14.8. The van der Waals surface area contributed by atoms with Gasteiger partial charge in [-0.3, -0.25) is 0 Å². The van der Waals surface area contributed by atoms with Gasteiger partial charge in [0, 0.05) is 24.2 Å². The van der Waals surface area contributed by atoms with Gasteiger partial charge in [-0.15, -0.1) is 0 Å². The van der Waals surface area contributed by atoms with Crippen LogP contribution in [0.25, 0.3) is 0 Å². The van der Waals surface area contributed by atoms with Crippen molar-refractivity contribution in [3.05, 3.63) is 28.8 Å². The number of aromatic nitrogens is 1. The van der Waals surface area contributed by atoms with Gasteiger partial charge in [0.1, 0.15) is 5.67 Å². The fourth-order valence-electron chi connectivity index (χ4n) is 2.11. The first-order valence-corrected chi connectivity index (χ1v) is 5.63. The highest BCUT2D eigenvalue weighted by Gasteiger charge is 2.42. The topological polar surface area (TPSA) is 24.9 Å². The van der Waals surface area contributed by atoms with E-state index in [9.17, 15) is 8.78 Å². The summed E-state index contributed by atoms with van der Waals surface area (Å²) >= 11 is 5.73. The maximum Gasteiger partial charge on any atom is 0.219 e. The fourth-order valence-corrected chi connectivity index (χ4v) is 2.27. The molecule has 2 atom stereocenters. The number of pyridine rings is 1. The number of nitrogens with zero attached hydrogens (tertiary/aromatic N) is 1. The second-order valence-corrected chi connectivity index (χ2v) is 4.65. The lowest BCUT2D eigenvalue weighted by Gasteiger charge is -2.36. The number of halogens is 3. The Balaban J connectivity index is 2.44. The monoisotopic (exact) mass is 246 g/mol. The van der Waals surface area contributed by atoms with Gasteiger partial charge >= 0.3 is 0 Å². The first-order valence-electron chi connectivity index (χ1n) is 5.25. The molecule has 0 unspecified atom stereocenters. The van der Waals surface area contributed by atoms with Gasteiger partial charge in [0.15, 0.2) is 0 Å². The van der Waals surface area contributed by atoms with E-state index in [4.69, 9.17) is 11.6 Å². The number of nitrogens with one attached hydrogen (secondary N) is 1. The van der Waals surface area contributed by atoms with Crippen LogP contribution in [-0.2, 0) is 5.67 Å². The Labute approximate surface area is 98.0 Å². The van der Waals surface area contributed by atoms with Crippen LogP contribution in [-0.4, -0.2) is 18.1 Å². The van der Waals surface area contributed by atoms with E-state index < -0.39 is 11.6 Å². The van der Waals surface area contributed by atoms with Crippen molar-refractivity contribution < 1.29 is 8.78 Å². The summed E-state index contributed by atoms with van der Waals surface area (Å²) in [4.78, 5) is 3.47. The molecule has 0 radical (unpaired) electrons. The molecule has 0 saturated carbocycles. The smallest absolute Gasteiger partial charge is 0.219 e. The maximum atomic E-state index is 14.8. The van der Waals surface area contributed by atoms with Crippen LogP contribution in [0.5, 0.6) is 0 Å². The highest BCUT2D eigenvalue weighted by Crippen LogP contribution is 2.40. The molecule has 0 spiro atoms. The Bertz CT molecular complexity index is 400. The Morgan fingerprint density at radius 2 is 2.38 bits per heavy atom. The first-order chi connectivity index (χ1) is 7.54. The molecule has 88 valence electrons. The summed E-state index contributed by atoms with van der Waals surface area (Å²) in [6.45, 7) is 2.82. The average molecular weight is 247 g/mol. The summed E-state index contributed by atoms with van der Waals surface area (Å²) < 4.78 is 28.3. The second kappa shape index (κ2) is 4.26. The van der Waals surface area contributed by atoms with Crippen molar-refractivity contribution in [3.8, 4) is 0 Å². The van der Waals surface area contributed by atoms with Gasteiger partial charge in [0.05, 0.1) is 5.02 Å². The van der Waals surface area contributed by atoms with Crippen LogP contribution in [0.4, 0.5) is 8.78 Å². The highest BCUT2D eigenvalue weighted by atomic mass is 35.5. The minimum Gasteiger partial charge on any atom is -0.316 e. The van der Waals surface area contributed by atoms with Crippen molar-refractivity contribution in [1.29, 1.82) is 0 Å². The molecule has 1 N–H and O–H groups in total. The van der Waals surface area contributed by atoms with Gasteiger partial charge in [0.2, 0.25) is 5.95 Å². The van der Waals surface area contributed by atoms with Gasteiger partial charge in [-0.25, -0.2) is 9.37 Å². The minimum absolute atomic E-state index is 0.0194. The summed E-state index contributed by atoms with van der Waals surface area (Å²) in [7, 11) is 0. The van der Waals surface area contributed by atoms with Gasteiger partial charge in [-0.2, -0.15) is 4.39 Å². The van der Waals surface area contributed by atoms with E-state index >= 15 is 0 Å². The lowest BCUT2D eigenvalue weighted by molar-refractivity contribution is 0.0504. The van der Waals surface area contributed by atoms with Crippen LogP contribution in [0.2, 0.25) is 5.02 Å². The van der Waals surface area contributed by atoms with Crippen molar-refractivity contribution in [3.63, 3.8) is 0 Å². The third kappa shape index (κ3) is 1.92. The summed E-state index contributed by atoms with van der Waals surface area (Å²) in [6, 6.07) is 1.34. The predicted molar refractivity (Wildman–Crippen MR) is 58.6 cm³/mol. The zero-order chi connectivity index (χ0) is 11.8. The second-order valence-electron chi connectivity index (χ2n) is 4.21. The van der Waals surface area contributed by atoms with Crippen molar-refractivity contribution >= 4 is 11.6 Å². The number of hydrogen-bond acceptors (Lipinski definition) is 2. The first kappa shape index (κ1) is 11.7. The van der Waals surface area contributed by atoms with Gasteiger partial charge in [-0.1, -0.05) is 18.5 Å². The number of hydrogen-bond donors (Lipinski definition) is 1. The van der Waals surface area contributed by atoms with E-state index in [1.165, 1.54) is 12.3 Å². The zero-order valence-corrected chi connectivity index (χ0v) is 9.69. The van der Waals surface area contributed by atoms with Crippen molar-refractivity contribution in [1.82, 2.24) is 10.3 Å². The molecule has 0 amide bonds. The van der Waals surface area contributed by atoms with E-state index in [0.717, 1.165) is 0 Å².